The van der Waals surface area contributed by atoms with Crippen LogP contribution in [-0.2, 0) is 5.75 Å². The van der Waals surface area contributed by atoms with Gasteiger partial charge in [-0.3, -0.25) is 4.79 Å². The standard InChI is InChI=1S/C18H12N6OS/c25-17-14(19-12-7-3-4-8-13(12)21-17)9-26-18-22-16-15(23-24-18)10-5-1-2-6-11(10)20-16/h1-8H,9H2,(H,21,25)(H,20,22,24). The smallest absolute Gasteiger partial charge is 0.271 e. The molecule has 5 aromatic rings. The third kappa shape index (κ3) is 2.51. The van der Waals surface area contributed by atoms with Gasteiger partial charge in [-0.1, -0.05) is 42.1 Å². The molecule has 126 valence electrons. The fraction of sp³-hybridized carbons (Fsp3) is 0.0556. The number of thioether (sulfide) groups is 1. The Hall–Kier alpha value is -3.26. The Balaban J connectivity index is 1.47. The van der Waals surface area contributed by atoms with Crippen molar-refractivity contribution in [3.8, 4) is 0 Å². The molecule has 0 atom stereocenters. The Morgan fingerprint density at radius 1 is 0.885 bits per heavy atom. The lowest BCUT2D eigenvalue weighted by molar-refractivity contribution is 0.877. The molecule has 7 nitrogen and oxygen atoms in total. The molecule has 0 saturated heterocycles. The SMILES string of the molecule is O=c1[nH]c2ccccc2nc1CSc1nnc2c(n1)[nH]c1ccccc12. The third-order valence-electron chi connectivity index (χ3n) is 4.11. The number of nitrogens with one attached hydrogen (secondary N) is 2. The molecule has 0 aliphatic heterocycles. The molecule has 2 aromatic carbocycles. The van der Waals surface area contributed by atoms with Gasteiger partial charge in [0.2, 0.25) is 5.16 Å². The van der Waals surface area contributed by atoms with Gasteiger partial charge in [-0.15, -0.1) is 10.2 Å². The maximum atomic E-state index is 12.2. The van der Waals surface area contributed by atoms with Crippen molar-refractivity contribution in [2.75, 3.05) is 0 Å². The van der Waals surface area contributed by atoms with Crippen molar-refractivity contribution in [3.63, 3.8) is 0 Å². The van der Waals surface area contributed by atoms with Gasteiger partial charge in [-0.05, 0) is 18.2 Å². The van der Waals surface area contributed by atoms with Crippen LogP contribution in [0.25, 0.3) is 33.1 Å². The van der Waals surface area contributed by atoms with Gasteiger partial charge in [0.1, 0.15) is 11.2 Å². The van der Waals surface area contributed by atoms with Crippen LogP contribution in [0.1, 0.15) is 5.69 Å². The monoisotopic (exact) mass is 360 g/mol. The van der Waals surface area contributed by atoms with E-state index in [1.54, 1.807) is 0 Å². The highest BCUT2D eigenvalue weighted by molar-refractivity contribution is 7.98. The highest BCUT2D eigenvalue weighted by Gasteiger charge is 2.11. The van der Waals surface area contributed by atoms with Crippen LogP contribution >= 0.6 is 11.8 Å². The van der Waals surface area contributed by atoms with Gasteiger partial charge in [0, 0.05) is 16.7 Å². The number of para-hydroxylation sites is 3. The fourth-order valence-electron chi connectivity index (χ4n) is 2.87. The van der Waals surface area contributed by atoms with Crippen LogP contribution in [0.15, 0.2) is 58.5 Å². The van der Waals surface area contributed by atoms with Gasteiger partial charge in [0.05, 0.1) is 11.0 Å². The predicted octanol–water partition coefficient (Wildman–Crippen LogP) is 3.03. The van der Waals surface area contributed by atoms with E-state index in [0.717, 1.165) is 27.5 Å². The predicted molar refractivity (Wildman–Crippen MR) is 101 cm³/mol. The molecule has 3 aromatic heterocycles. The van der Waals surface area contributed by atoms with Crippen LogP contribution in [0.5, 0.6) is 0 Å². The summed E-state index contributed by atoms with van der Waals surface area (Å²) < 4.78 is 0. The summed E-state index contributed by atoms with van der Waals surface area (Å²) in [6, 6.07) is 15.3. The molecular formula is C18H12N6OS. The van der Waals surface area contributed by atoms with Crippen molar-refractivity contribution in [2.45, 2.75) is 10.9 Å². The maximum absolute atomic E-state index is 12.2. The highest BCUT2D eigenvalue weighted by Crippen LogP contribution is 2.24. The van der Waals surface area contributed by atoms with Crippen molar-refractivity contribution in [1.82, 2.24) is 30.1 Å². The first-order chi connectivity index (χ1) is 12.8. The van der Waals surface area contributed by atoms with E-state index in [-0.39, 0.29) is 5.56 Å². The van der Waals surface area contributed by atoms with Gasteiger partial charge in [0.25, 0.3) is 5.56 Å². The summed E-state index contributed by atoms with van der Waals surface area (Å²) in [5.74, 6) is 0.369. The van der Waals surface area contributed by atoms with Gasteiger partial charge < -0.3 is 9.97 Å². The summed E-state index contributed by atoms with van der Waals surface area (Å²) in [7, 11) is 0. The molecular weight excluding hydrogens is 348 g/mol. The quantitative estimate of drug-likeness (QED) is 0.480. The first-order valence-electron chi connectivity index (χ1n) is 8.00. The van der Waals surface area contributed by atoms with Crippen molar-refractivity contribution in [1.29, 1.82) is 0 Å². The van der Waals surface area contributed by atoms with Crippen LogP contribution < -0.4 is 5.56 Å². The normalized spacial score (nSPS) is 11.5. The van der Waals surface area contributed by atoms with E-state index in [4.69, 9.17) is 0 Å². The number of benzene rings is 2. The topological polar surface area (TPSA) is 100 Å². The molecule has 0 radical (unpaired) electrons. The van der Waals surface area contributed by atoms with E-state index in [1.807, 2.05) is 48.5 Å². The van der Waals surface area contributed by atoms with Crippen LogP contribution in [-0.4, -0.2) is 30.1 Å². The molecule has 2 N–H and O–H groups in total. The number of rotatable bonds is 3. The molecule has 8 heteroatoms. The lowest BCUT2D eigenvalue weighted by Gasteiger charge is -2.02. The third-order valence-corrected chi connectivity index (χ3v) is 4.96. The molecule has 0 unspecified atom stereocenters. The van der Waals surface area contributed by atoms with Crippen molar-refractivity contribution in [3.05, 3.63) is 64.6 Å². The van der Waals surface area contributed by atoms with Crippen LogP contribution in [0.2, 0.25) is 0 Å². The van der Waals surface area contributed by atoms with Gasteiger partial charge in [0.15, 0.2) is 5.65 Å². The highest BCUT2D eigenvalue weighted by atomic mass is 32.2. The lowest BCUT2D eigenvalue weighted by Crippen LogP contribution is -2.14. The minimum atomic E-state index is -0.198. The van der Waals surface area contributed by atoms with E-state index in [9.17, 15) is 4.79 Å². The molecule has 0 aliphatic rings. The number of H-pyrrole nitrogens is 2. The van der Waals surface area contributed by atoms with Crippen LogP contribution in [0.3, 0.4) is 0 Å². The first kappa shape index (κ1) is 15.0. The molecule has 0 aliphatic carbocycles. The van der Waals surface area contributed by atoms with Crippen LogP contribution in [0.4, 0.5) is 0 Å². The van der Waals surface area contributed by atoms with E-state index in [0.29, 0.717) is 22.3 Å². The zero-order valence-corrected chi connectivity index (χ0v) is 14.2. The zero-order valence-electron chi connectivity index (χ0n) is 13.4. The summed E-state index contributed by atoms with van der Waals surface area (Å²) in [6.07, 6.45) is 0. The van der Waals surface area contributed by atoms with E-state index >= 15 is 0 Å². The van der Waals surface area contributed by atoms with Crippen molar-refractivity contribution >= 4 is 44.9 Å². The minimum absolute atomic E-state index is 0.198. The van der Waals surface area contributed by atoms with E-state index < -0.39 is 0 Å². The Labute approximate surface area is 150 Å². The second kappa shape index (κ2) is 5.92. The Kier molecular flexibility index (Phi) is 3.42. The number of aromatic amines is 2. The van der Waals surface area contributed by atoms with E-state index in [2.05, 4.69) is 30.1 Å². The average molecular weight is 360 g/mol. The second-order valence-corrected chi connectivity index (χ2v) is 6.72. The summed E-state index contributed by atoms with van der Waals surface area (Å²) in [5.41, 5.74) is 4.12. The molecule has 0 amide bonds. The number of nitrogens with zero attached hydrogens (tertiary/aromatic N) is 4. The first-order valence-corrected chi connectivity index (χ1v) is 8.98. The largest absolute Gasteiger partial charge is 0.338 e. The molecule has 26 heavy (non-hydrogen) atoms. The summed E-state index contributed by atoms with van der Waals surface area (Å²) in [4.78, 5) is 27.2. The number of hydrogen-bond donors (Lipinski definition) is 2. The number of aromatic nitrogens is 6. The van der Waals surface area contributed by atoms with Gasteiger partial charge in [-0.2, -0.15) is 0 Å². The second-order valence-electron chi connectivity index (χ2n) is 5.78. The molecule has 5 rings (SSSR count). The van der Waals surface area contributed by atoms with Crippen molar-refractivity contribution < 1.29 is 0 Å². The molecule has 0 spiro atoms. The zero-order chi connectivity index (χ0) is 17.5. The summed E-state index contributed by atoms with van der Waals surface area (Å²) in [5, 5.41) is 9.95. The van der Waals surface area contributed by atoms with Gasteiger partial charge >= 0.3 is 0 Å². The van der Waals surface area contributed by atoms with Crippen molar-refractivity contribution in [2.24, 2.45) is 0 Å². The fourth-order valence-corrected chi connectivity index (χ4v) is 3.58. The Morgan fingerprint density at radius 2 is 1.69 bits per heavy atom. The average Bonchev–Trinajstić information content (AvgIpc) is 3.04. The molecule has 3 heterocycles. The van der Waals surface area contributed by atoms with E-state index in [1.165, 1.54) is 11.8 Å². The summed E-state index contributed by atoms with van der Waals surface area (Å²) >= 11 is 1.33. The molecule has 0 saturated carbocycles. The molecule has 0 bridgehead atoms. The van der Waals surface area contributed by atoms with Crippen LogP contribution in [0, 0.1) is 0 Å². The Morgan fingerprint density at radius 3 is 2.62 bits per heavy atom. The minimum Gasteiger partial charge on any atom is -0.338 e. The number of hydrogen-bond acceptors (Lipinski definition) is 6. The number of fused-ring (bicyclic) bond motifs is 4. The molecule has 0 fully saturated rings. The van der Waals surface area contributed by atoms with Gasteiger partial charge in [-0.25, -0.2) is 9.97 Å². The summed E-state index contributed by atoms with van der Waals surface area (Å²) in [6.45, 7) is 0. The lowest BCUT2D eigenvalue weighted by atomic mass is 10.2. The Bertz CT molecular complexity index is 1330. The maximum Gasteiger partial charge on any atom is 0.271 e.